The summed E-state index contributed by atoms with van der Waals surface area (Å²) >= 11 is 0. The van der Waals surface area contributed by atoms with Crippen molar-refractivity contribution in [2.75, 3.05) is 24.5 Å². The van der Waals surface area contributed by atoms with Gasteiger partial charge >= 0.3 is 0 Å². The Morgan fingerprint density at radius 2 is 2.12 bits per heavy atom. The molecule has 0 aliphatic carbocycles. The van der Waals surface area contributed by atoms with E-state index >= 15 is 0 Å². The Balaban J connectivity index is 2.10. The lowest BCUT2D eigenvalue weighted by molar-refractivity contribution is 0.430. The maximum absolute atomic E-state index is 3.62. The Morgan fingerprint density at radius 3 is 2.88 bits per heavy atom. The minimum atomic E-state index is 0.665. The molecule has 0 amide bonds. The van der Waals surface area contributed by atoms with Gasteiger partial charge in [-0.25, -0.2) is 0 Å². The monoisotopic (exact) mass is 232 g/mol. The second kappa shape index (κ2) is 6.06. The highest BCUT2D eigenvalue weighted by molar-refractivity contribution is 5.54. The number of nitrogens with one attached hydrogen (secondary N) is 1. The maximum Gasteiger partial charge on any atom is 0.0399 e. The van der Waals surface area contributed by atoms with Crippen LogP contribution in [0.5, 0.6) is 0 Å². The molecule has 1 aliphatic heterocycles. The first-order valence-electron chi connectivity index (χ1n) is 6.91. The van der Waals surface area contributed by atoms with Crippen LogP contribution >= 0.6 is 0 Å². The summed E-state index contributed by atoms with van der Waals surface area (Å²) in [6.45, 7) is 7.91. The molecule has 1 aromatic carbocycles. The van der Waals surface area contributed by atoms with Gasteiger partial charge in [-0.3, -0.25) is 0 Å². The molecule has 2 nitrogen and oxygen atoms in total. The molecule has 1 N–H and O–H groups in total. The number of anilines is 1. The Labute approximate surface area is 105 Å². The summed E-state index contributed by atoms with van der Waals surface area (Å²) in [5, 5.41) is 3.62. The van der Waals surface area contributed by atoms with Crippen molar-refractivity contribution in [1.82, 2.24) is 5.32 Å². The third kappa shape index (κ3) is 3.01. The van der Waals surface area contributed by atoms with E-state index in [1.165, 1.54) is 24.1 Å². The van der Waals surface area contributed by atoms with Crippen molar-refractivity contribution >= 4 is 5.69 Å². The van der Waals surface area contributed by atoms with Crippen LogP contribution in [0.2, 0.25) is 0 Å². The van der Waals surface area contributed by atoms with Crippen molar-refractivity contribution in [3.8, 4) is 0 Å². The first-order chi connectivity index (χ1) is 8.35. The van der Waals surface area contributed by atoms with Gasteiger partial charge in [-0.15, -0.1) is 0 Å². The van der Waals surface area contributed by atoms with Crippen molar-refractivity contribution in [3.05, 3.63) is 29.8 Å². The predicted molar refractivity (Wildman–Crippen MR) is 74.7 cm³/mol. The predicted octanol–water partition coefficient (Wildman–Crippen LogP) is 2.83. The third-order valence-electron chi connectivity index (χ3n) is 3.61. The standard InChI is InChI=1S/C15H24N2/c1-3-7-14-12-17(11-10-16-14)15-9-6-5-8-13(15)4-2/h5-6,8-9,14,16H,3-4,7,10-12H2,1-2H3. The van der Waals surface area contributed by atoms with Crippen LogP contribution in [-0.2, 0) is 6.42 Å². The Morgan fingerprint density at radius 1 is 1.29 bits per heavy atom. The largest absolute Gasteiger partial charge is 0.368 e. The average Bonchev–Trinajstić information content (AvgIpc) is 2.39. The SMILES string of the molecule is CCCC1CN(c2ccccc2CC)CCN1. The summed E-state index contributed by atoms with van der Waals surface area (Å²) < 4.78 is 0. The van der Waals surface area contributed by atoms with Gasteiger partial charge in [-0.05, 0) is 24.5 Å². The summed E-state index contributed by atoms with van der Waals surface area (Å²) in [6, 6.07) is 9.50. The zero-order valence-corrected chi connectivity index (χ0v) is 11.1. The van der Waals surface area contributed by atoms with Crippen molar-refractivity contribution in [2.45, 2.75) is 39.2 Å². The number of benzene rings is 1. The minimum absolute atomic E-state index is 0.665. The van der Waals surface area contributed by atoms with Gasteiger partial charge in [0.2, 0.25) is 0 Å². The fourth-order valence-corrected chi connectivity index (χ4v) is 2.70. The topological polar surface area (TPSA) is 15.3 Å². The third-order valence-corrected chi connectivity index (χ3v) is 3.61. The van der Waals surface area contributed by atoms with Gasteiger partial charge in [-0.2, -0.15) is 0 Å². The van der Waals surface area contributed by atoms with Crippen molar-refractivity contribution in [1.29, 1.82) is 0 Å². The van der Waals surface area contributed by atoms with Crippen molar-refractivity contribution < 1.29 is 0 Å². The average molecular weight is 232 g/mol. The molecule has 1 aromatic rings. The van der Waals surface area contributed by atoms with Crippen LogP contribution in [-0.4, -0.2) is 25.7 Å². The second-order valence-electron chi connectivity index (χ2n) is 4.87. The Kier molecular flexibility index (Phi) is 4.43. The maximum atomic E-state index is 3.62. The Hall–Kier alpha value is -1.02. The molecule has 0 aromatic heterocycles. The summed E-state index contributed by atoms with van der Waals surface area (Å²) in [4.78, 5) is 2.55. The number of rotatable bonds is 4. The fourth-order valence-electron chi connectivity index (χ4n) is 2.70. The molecule has 1 saturated heterocycles. The van der Waals surface area contributed by atoms with E-state index in [-0.39, 0.29) is 0 Å². The highest BCUT2D eigenvalue weighted by atomic mass is 15.2. The number of piperazine rings is 1. The smallest absolute Gasteiger partial charge is 0.0399 e. The number of hydrogen-bond acceptors (Lipinski definition) is 2. The number of hydrogen-bond donors (Lipinski definition) is 1. The molecule has 17 heavy (non-hydrogen) atoms. The van der Waals surface area contributed by atoms with Crippen LogP contribution in [0.3, 0.4) is 0 Å². The van der Waals surface area contributed by atoms with Crippen LogP contribution in [0.4, 0.5) is 5.69 Å². The van der Waals surface area contributed by atoms with Gasteiger partial charge in [0.05, 0.1) is 0 Å². The minimum Gasteiger partial charge on any atom is -0.368 e. The molecule has 1 aliphatic rings. The van der Waals surface area contributed by atoms with Crippen LogP contribution in [0.1, 0.15) is 32.3 Å². The molecular weight excluding hydrogens is 208 g/mol. The van der Waals surface area contributed by atoms with E-state index in [1.807, 2.05) is 0 Å². The van der Waals surface area contributed by atoms with E-state index in [0.717, 1.165) is 26.1 Å². The van der Waals surface area contributed by atoms with Gasteiger partial charge < -0.3 is 10.2 Å². The van der Waals surface area contributed by atoms with E-state index in [9.17, 15) is 0 Å². The van der Waals surface area contributed by atoms with Crippen LogP contribution in [0.15, 0.2) is 24.3 Å². The van der Waals surface area contributed by atoms with Gasteiger partial charge in [0.1, 0.15) is 0 Å². The van der Waals surface area contributed by atoms with Gasteiger partial charge in [0, 0.05) is 31.4 Å². The van der Waals surface area contributed by atoms with E-state index in [4.69, 9.17) is 0 Å². The van der Waals surface area contributed by atoms with Gasteiger partial charge in [-0.1, -0.05) is 38.5 Å². The fraction of sp³-hybridized carbons (Fsp3) is 0.600. The molecule has 0 saturated carbocycles. The summed E-state index contributed by atoms with van der Waals surface area (Å²) in [5.41, 5.74) is 2.92. The molecule has 2 heteroatoms. The number of nitrogens with zero attached hydrogens (tertiary/aromatic N) is 1. The molecule has 1 heterocycles. The molecule has 0 bridgehead atoms. The lowest BCUT2D eigenvalue weighted by Crippen LogP contribution is -2.50. The molecule has 1 atom stereocenters. The van der Waals surface area contributed by atoms with E-state index < -0.39 is 0 Å². The first-order valence-corrected chi connectivity index (χ1v) is 6.91. The van der Waals surface area contributed by atoms with E-state index in [1.54, 1.807) is 0 Å². The quantitative estimate of drug-likeness (QED) is 0.858. The second-order valence-corrected chi connectivity index (χ2v) is 4.87. The van der Waals surface area contributed by atoms with Crippen molar-refractivity contribution in [2.24, 2.45) is 0 Å². The van der Waals surface area contributed by atoms with Crippen LogP contribution in [0.25, 0.3) is 0 Å². The highest BCUT2D eigenvalue weighted by Crippen LogP contribution is 2.22. The molecule has 1 unspecified atom stereocenters. The van der Waals surface area contributed by atoms with Crippen LogP contribution in [0, 0.1) is 0 Å². The number of para-hydroxylation sites is 1. The summed E-state index contributed by atoms with van der Waals surface area (Å²) in [6.07, 6.45) is 3.67. The zero-order valence-electron chi connectivity index (χ0n) is 11.1. The lowest BCUT2D eigenvalue weighted by Gasteiger charge is -2.36. The molecule has 0 spiro atoms. The molecule has 1 fully saturated rings. The molecule has 0 radical (unpaired) electrons. The number of aryl methyl sites for hydroxylation is 1. The molecule has 2 rings (SSSR count). The highest BCUT2D eigenvalue weighted by Gasteiger charge is 2.19. The van der Waals surface area contributed by atoms with E-state index in [0.29, 0.717) is 6.04 Å². The zero-order chi connectivity index (χ0) is 12.1. The van der Waals surface area contributed by atoms with Gasteiger partial charge in [0.25, 0.3) is 0 Å². The normalized spacial score (nSPS) is 20.6. The lowest BCUT2D eigenvalue weighted by atomic mass is 10.1. The summed E-state index contributed by atoms with van der Waals surface area (Å²) in [7, 11) is 0. The first kappa shape index (κ1) is 12.4. The van der Waals surface area contributed by atoms with E-state index in [2.05, 4.69) is 48.3 Å². The molecule has 94 valence electrons. The van der Waals surface area contributed by atoms with Crippen LogP contribution < -0.4 is 10.2 Å². The van der Waals surface area contributed by atoms with Gasteiger partial charge in [0.15, 0.2) is 0 Å². The van der Waals surface area contributed by atoms with Crippen molar-refractivity contribution in [3.63, 3.8) is 0 Å². The Bertz CT molecular complexity index is 347. The summed E-state index contributed by atoms with van der Waals surface area (Å²) in [5.74, 6) is 0. The molecular formula is C15H24N2.